The Morgan fingerprint density at radius 3 is 2.50 bits per heavy atom. The lowest BCUT2D eigenvalue weighted by Gasteiger charge is -2.15. The fraction of sp³-hybridized carbons (Fsp3) is 0.357. The van der Waals surface area contributed by atoms with Crippen LogP contribution in [0, 0.1) is 0 Å². The number of carbonyl (C=O) groups is 3. The molecule has 4 N–H and O–H groups in total. The van der Waals surface area contributed by atoms with E-state index in [4.69, 9.17) is 10.8 Å². The number of nitrogens with one attached hydrogen (secondary N) is 1. The number of benzene rings is 1. The predicted octanol–water partition coefficient (Wildman–Crippen LogP) is 0.697. The number of aryl methyl sites for hydroxylation is 1. The average Bonchev–Trinajstić information content (AvgIpc) is 2.42. The molecule has 108 valence electrons. The van der Waals surface area contributed by atoms with Gasteiger partial charge in [0.25, 0.3) is 5.91 Å². The highest BCUT2D eigenvalue weighted by atomic mass is 16.4. The van der Waals surface area contributed by atoms with Crippen LogP contribution in [0.5, 0.6) is 0 Å². The lowest BCUT2D eigenvalue weighted by Crippen LogP contribution is -2.41. The maximum Gasteiger partial charge on any atom is 0.326 e. The minimum Gasteiger partial charge on any atom is -0.480 e. The number of amides is 2. The first-order chi connectivity index (χ1) is 9.45. The zero-order valence-corrected chi connectivity index (χ0v) is 11.3. The zero-order chi connectivity index (χ0) is 15.1. The smallest absolute Gasteiger partial charge is 0.326 e. The molecule has 1 aromatic carbocycles. The van der Waals surface area contributed by atoms with Gasteiger partial charge in [0.05, 0.1) is 0 Å². The van der Waals surface area contributed by atoms with E-state index in [1.807, 2.05) is 19.1 Å². The normalized spacial score (nSPS) is 11.7. The van der Waals surface area contributed by atoms with Crippen LogP contribution in [-0.4, -0.2) is 28.9 Å². The third-order valence-electron chi connectivity index (χ3n) is 2.93. The fourth-order valence-electron chi connectivity index (χ4n) is 1.83. The monoisotopic (exact) mass is 278 g/mol. The van der Waals surface area contributed by atoms with Gasteiger partial charge in [-0.25, -0.2) is 4.79 Å². The molecule has 6 heteroatoms. The molecule has 0 fully saturated rings. The highest BCUT2D eigenvalue weighted by molar-refractivity contribution is 5.97. The van der Waals surface area contributed by atoms with E-state index < -0.39 is 23.8 Å². The second-order valence-electron chi connectivity index (χ2n) is 4.38. The summed E-state index contributed by atoms with van der Waals surface area (Å²) in [5, 5.41) is 11.5. The van der Waals surface area contributed by atoms with Crippen LogP contribution in [0.1, 0.15) is 35.7 Å². The van der Waals surface area contributed by atoms with Gasteiger partial charge in [-0.05, 0) is 24.5 Å². The van der Waals surface area contributed by atoms with Gasteiger partial charge in [-0.3, -0.25) is 9.59 Å². The van der Waals surface area contributed by atoms with Crippen LogP contribution in [0.4, 0.5) is 0 Å². The SMILES string of the molecule is CCc1ccccc1C(=O)N[C@H](CCC(N)=O)C(=O)O. The third kappa shape index (κ3) is 4.38. The lowest BCUT2D eigenvalue weighted by atomic mass is 10.0. The standard InChI is InChI=1S/C14H18N2O4/c1-2-9-5-3-4-6-10(9)13(18)16-11(14(19)20)7-8-12(15)17/h3-6,11H,2,7-8H2,1H3,(H2,15,17)(H,16,18)(H,19,20)/t11-/m1/s1. The first-order valence-corrected chi connectivity index (χ1v) is 6.35. The van der Waals surface area contributed by atoms with Gasteiger partial charge >= 0.3 is 5.97 Å². The van der Waals surface area contributed by atoms with Crippen molar-refractivity contribution in [1.29, 1.82) is 0 Å². The Labute approximate surface area is 117 Å². The maximum atomic E-state index is 12.1. The van der Waals surface area contributed by atoms with Gasteiger partial charge in [-0.15, -0.1) is 0 Å². The van der Waals surface area contributed by atoms with Crippen molar-refractivity contribution in [1.82, 2.24) is 5.32 Å². The van der Waals surface area contributed by atoms with E-state index in [-0.39, 0.29) is 12.8 Å². The van der Waals surface area contributed by atoms with Crippen LogP contribution >= 0.6 is 0 Å². The Morgan fingerprint density at radius 1 is 1.30 bits per heavy atom. The lowest BCUT2D eigenvalue weighted by molar-refractivity contribution is -0.139. The first-order valence-electron chi connectivity index (χ1n) is 6.35. The number of carbonyl (C=O) groups excluding carboxylic acids is 2. The second kappa shape index (κ2) is 7.28. The van der Waals surface area contributed by atoms with Crippen molar-refractivity contribution in [2.45, 2.75) is 32.2 Å². The first kappa shape index (κ1) is 15.7. The van der Waals surface area contributed by atoms with Crippen LogP contribution in [0.25, 0.3) is 0 Å². The summed E-state index contributed by atoms with van der Waals surface area (Å²) < 4.78 is 0. The van der Waals surface area contributed by atoms with Crippen molar-refractivity contribution in [3.63, 3.8) is 0 Å². The zero-order valence-electron chi connectivity index (χ0n) is 11.3. The van der Waals surface area contributed by atoms with Gasteiger partial charge in [0.15, 0.2) is 0 Å². The Kier molecular flexibility index (Phi) is 5.71. The van der Waals surface area contributed by atoms with Gasteiger partial charge in [-0.2, -0.15) is 0 Å². The summed E-state index contributed by atoms with van der Waals surface area (Å²) >= 11 is 0. The number of carboxylic acid groups (broad SMARTS) is 1. The van der Waals surface area contributed by atoms with Crippen LogP contribution < -0.4 is 11.1 Å². The van der Waals surface area contributed by atoms with Crippen LogP contribution in [0.15, 0.2) is 24.3 Å². The van der Waals surface area contributed by atoms with Crippen molar-refractivity contribution in [2.24, 2.45) is 5.73 Å². The molecule has 0 unspecified atom stereocenters. The Hall–Kier alpha value is -2.37. The minimum atomic E-state index is -1.19. The molecular formula is C14H18N2O4. The number of nitrogens with two attached hydrogens (primary N) is 1. The molecule has 20 heavy (non-hydrogen) atoms. The number of primary amides is 1. The number of hydrogen-bond acceptors (Lipinski definition) is 3. The minimum absolute atomic E-state index is 0.0231. The molecule has 0 bridgehead atoms. The van der Waals surface area contributed by atoms with Crippen LogP contribution in [0.2, 0.25) is 0 Å². The van der Waals surface area contributed by atoms with Crippen LogP contribution in [0.3, 0.4) is 0 Å². The number of rotatable bonds is 7. The summed E-state index contributed by atoms with van der Waals surface area (Å²) in [5.74, 6) is -2.24. The third-order valence-corrected chi connectivity index (χ3v) is 2.93. The Balaban J connectivity index is 2.80. The molecular weight excluding hydrogens is 260 g/mol. The van der Waals surface area contributed by atoms with Gasteiger partial charge in [-0.1, -0.05) is 25.1 Å². The largest absolute Gasteiger partial charge is 0.480 e. The number of aliphatic carboxylic acids is 1. The molecule has 1 rings (SSSR count). The topological polar surface area (TPSA) is 109 Å². The molecule has 0 aromatic heterocycles. The molecule has 0 aliphatic rings. The van der Waals surface area contributed by atoms with Crippen molar-refractivity contribution < 1.29 is 19.5 Å². The van der Waals surface area contributed by atoms with Gasteiger partial charge in [0.2, 0.25) is 5.91 Å². The molecule has 0 saturated heterocycles. The highest BCUT2D eigenvalue weighted by Gasteiger charge is 2.22. The van der Waals surface area contributed by atoms with Gasteiger partial charge in [0, 0.05) is 12.0 Å². The predicted molar refractivity (Wildman–Crippen MR) is 73.1 cm³/mol. The summed E-state index contributed by atoms with van der Waals surface area (Å²) in [4.78, 5) is 33.9. The summed E-state index contributed by atoms with van der Waals surface area (Å²) in [6.07, 6.45) is 0.556. The molecule has 0 heterocycles. The van der Waals surface area contributed by atoms with Crippen molar-refractivity contribution in [2.75, 3.05) is 0 Å². The van der Waals surface area contributed by atoms with E-state index in [0.717, 1.165) is 5.56 Å². The molecule has 0 saturated carbocycles. The Bertz CT molecular complexity index is 514. The average molecular weight is 278 g/mol. The quantitative estimate of drug-likeness (QED) is 0.681. The van der Waals surface area contributed by atoms with E-state index in [0.29, 0.717) is 12.0 Å². The van der Waals surface area contributed by atoms with Crippen molar-refractivity contribution >= 4 is 17.8 Å². The summed E-state index contributed by atoms with van der Waals surface area (Å²) in [5.41, 5.74) is 6.27. The van der Waals surface area contributed by atoms with Gasteiger partial charge < -0.3 is 16.2 Å². The summed E-state index contributed by atoms with van der Waals surface area (Å²) in [6, 6.07) is 5.86. The van der Waals surface area contributed by atoms with E-state index in [2.05, 4.69) is 5.32 Å². The van der Waals surface area contributed by atoms with E-state index in [9.17, 15) is 14.4 Å². The van der Waals surface area contributed by atoms with Gasteiger partial charge in [0.1, 0.15) is 6.04 Å². The van der Waals surface area contributed by atoms with E-state index in [1.54, 1.807) is 12.1 Å². The molecule has 0 radical (unpaired) electrons. The summed E-state index contributed by atoms with van der Waals surface area (Å²) in [7, 11) is 0. The highest BCUT2D eigenvalue weighted by Crippen LogP contribution is 2.10. The molecule has 1 atom stereocenters. The molecule has 0 aliphatic heterocycles. The fourth-order valence-corrected chi connectivity index (χ4v) is 1.83. The molecule has 2 amide bonds. The second-order valence-corrected chi connectivity index (χ2v) is 4.38. The van der Waals surface area contributed by atoms with Crippen molar-refractivity contribution in [3.05, 3.63) is 35.4 Å². The molecule has 6 nitrogen and oxygen atoms in total. The van der Waals surface area contributed by atoms with Crippen LogP contribution in [-0.2, 0) is 16.0 Å². The molecule has 0 spiro atoms. The molecule has 0 aliphatic carbocycles. The summed E-state index contributed by atoms with van der Waals surface area (Å²) in [6.45, 7) is 1.91. The van der Waals surface area contributed by atoms with E-state index in [1.165, 1.54) is 0 Å². The number of carboxylic acids is 1. The maximum absolute atomic E-state index is 12.1. The van der Waals surface area contributed by atoms with E-state index >= 15 is 0 Å². The van der Waals surface area contributed by atoms with Crippen molar-refractivity contribution in [3.8, 4) is 0 Å². The molecule has 1 aromatic rings. The Morgan fingerprint density at radius 2 is 1.95 bits per heavy atom. The number of hydrogen-bond donors (Lipinski definition) is 3.